The Balaban J connectivity index is 2.22. The van der Waals surface area contributed by atoms with Crippen LogP contribution >= 0.6 is 0 Å². The van der Waals surface area contributed by atoms with Gasteiger partial charge in [0.25, 0.3) is 0 Å². The monoisotopic (exact) mass is 300 g/mol. The number of anilines is 1. The van der Waals surface area contributed by atoms with E-state index in [4.69, 9.17) is 0 Å². The number of halogens is 3. The van der Waals surface area contributed by atoms with E-state index in [1.54, 1.807) is 0 Å². The number of amides is 3. The van der Waals surface area contributed by atoms with Crippen LogP contribution in [0.25, 0.3) is 0 Å². The van der Waals surface area contributed by atoms with Crippen molar-refractivity contribution >= 4 is 17.6 Å². The first-order chi connectivity index (χ1) is 9.70. The number of hydrogen-bond donors (Lipinski definition) is 1. The molecule has 1 aliphatic rings. The normalized spacial score (nSPS) is 19.9. The molecule has 3 amide bonds. The van der Waals surface area contributed by atoms with Crippen molar-refractivity contribution < 1.29 is 22.8 Å². The lowest BCUT2D eigenvalue weighted by atomic mass is 9.98. The van der Waals surface area contributed by atoms with E-state index in [0.717, 1.165) is 29.2 Å². The molecule has 0 radical (unpaired) electrons. The number of imide groups is 1. The van der Waals surface area contributed by atoms with Crippen LogP contribution in [0.1, 0.15) is 25.8 Å². The minimum absolute atomic E-state index is 0.104. The molecule has 0 bridgehead atoms. The van der Waals surface area contributed by atoms with Crippen molar-refractivity contribution in [1.29, 1.82) is 0 Å². The van der Waals surface area contributed by atoms with E-state index in [1.807, 2.05) is 13.8 Å². The van der Waals surface area contributed by atoms with Crippen LogP contribution in [0, 0.1) is 5.92 Å². The zero-order chi connectivity index (χ0) is 15.8. The molecule has 7 heteroatoms. The van der Waals surface area contributed by atoms with E-state index >= 15 is 0 Å². The third-order valence-electron chi connectivity index (χ3n) is 3.41. The molecule has 1 N–H and O–H groups in total. The summed E-state index contributed by atoms with van der Waals surface area (Å²) in [6.07, 6.45) is -4.32. The first-order valence-corrected chi connectivity index (χ1v) is 6.51. The molecule has 0 aliphatic carbocycles. The van der Waals surface area contributed by atoms with Crippen molar-refractivity contribution in [3.05, 3.63) is 29.8 Å². The lowest BCUT2D eigenvalue weighted by molar-refractivity contribution is -0.137. The average Bonchev–Trinajstić information content (AvgIpc) is 2.37. The predicted octanol–water partition coefficient (Wildman–Crippen LogP) is 3.18. The van der Waals surface area contributed by atoms with Crippen LogP contribution < -0.4 is 10.2 Å². The van der Waals surface area contributed by atoms with Crippen LogP contribution in [-0.2, 0) is 11.0 Å². The maximum absolute atomic E-state index is 12.5. The van der Waals surface area contributed by atoms with E-state index in [2.05, 4.69) is 5.32 Å². The molecule has 1 saturated heterocycles. The van der Waals surface area contributed by atoms with Gasteiger partial charge in [-0.1, -0.05) is 13.8 Å². The van der Waals surface area contributed by atoms with Gasteiger partial charge >= 0.3 is 12.2 Å². The number of carbonyl (C=O) groups excluding carboxylic acids is 2. The molecule has 1 fully saturated rings. The molecule has 21 heavy (non-hydrogen) atoms. The molecule has 1 aromatic rings. The Morgan fingerprint density at radius 1 is 1.19 bits per heavy atom. The van der Waals surface area contributed by atoms with E-state index in [1.165, 1.54) is 0 Å². The third kappa shape index (κ3) is 3.17. The fraction of sp³-hybridized carbons (Fsp3) is 0.429. The van der Waals surface area contributed by atoms with Crippen LogP contribution in [0.4, 0.5) is 23.7 Å². The summed E-state index contributed by atoms with van der Waals surface area (Å²) in [5.41, 5.74) is -0.691. The summed E-state index contributed by atoms with van der Waals surface area (Å²) in [6, 6.07) is 3.08. The lowest BCUT2D eigenvalue weighted by Crippen LogP contribution is -2.56. The molecule has 4 nitrogen and oxygen atoms in total. The predicted molar refractivity (Wildman–Crippen MR) is 70.7 cm³/mol. The summed E-state index contributed by atoms with van der Waals surface area (Å²) < 4.78 is 37.5. The minimum atomic E-state index is -4.45. The fourth-order valence-electron chi connectivity index (χ4n) is 2.13. The Morgan fingerprint density at radius 2 is 1.76 bits per heavy atom. The molecule has 1 heterocycles. The molecule has 1 aliphatic heterocycles. The van der Waals surface area contributed by atoms with Crippen LogP contribution in [0.3, 0.4) is 0 Å². The first kappa shape index (κ1) is 15.3. The van der Waals surface area contributed by atoms with Crippen LogP contribution in [0.2, 0.25) is 0 Å². The highest BCUT2D eigenvalue weighted by molar-refractivity contribution is 6.16. The maximum atomic E-state index is 12.5. The Kier molecular flexibility index (Phi) is 3.93. The van der Waals surface area contributed by atoms with Gasteiger partial charge in [0.05, 0.1) is 11.3 Å². The maximum Gasteiger partial charge on any atom is 0.416 e. The Morgan fingerprint density at radius 3 is 2.19 bits per heavy atom. The van der Waals surface area contributed by atoms with Crippen molar-refractivity contribution in [2.24, 2.45) is 5.92 Å². The molecule has 2 rings (SSSR count). The van der Waals surface area contributed by atoms with Crippen molar-refractivity contribution in [3.8, 4) is 0 Å². The van der Waals surface area contributed by atoms with Crippen LogP contribution in [-0.4, -0.2) is 18.0 Å². The first-order valence-electron chi connectivity index (χ1n) is 6.51. The van der Waals surface area contributed by atoms with Gasteiger partial charge in [-0.25, -0.2) is 9.69 Å². The summed E-state index contributed by atoms with van der Waals surface area (Å²) >= 11 is 0. The van der Waals surface area contributed by atoms with E-state index in [9.17, 15) is 22.8 Å². The number of nitrogens with zero attached hydrogens (tertiary/aromatic N) is 1. The highest BCUT2D eigenvalue weighted by Gasteiger charge is 2.35. The molecule has 0 spiro atoms. The summed E-state index contributed by atoms with van der Waals surface area (Å²) in [4.78, 5) is 24.9. The quantitative estimate of drug-likeness (QED) is 0.912. The number of benzene rings is 1. The van der Waals surface area contributed by atoms with Gasteiger partial charge in [0.15, 0.2) is 0 Å². The molecule has 0 aromatic heterocycles. The van der Waals surface area contributed by atoms with E-state index in [0.29, 0.717) is 0 Å². The van der Waals surface area contributed by atoms with Gasteiger partial charge in [0.1, 0.15) is 0 Å². The second kappa shape index (κ2) is 5.38. The Hall–Kier alpha value is -2.05. The summed E-state index contributed by atoms with van der Waals surface area (Å²) in [6.45, 7) is 3.76. The van der Waals surface area contributed by atoms with Crippen LogP contribution in [0.15, 0.2) is 24.3 Å². The van der Waals surface area contributed by atoms with Crippen molar-refractivity contribution in [3.63, 3.8) is 0 Å². The smallest absolute Gasteiger partial charge is 0.334 e. The van der Waals surface area contributed by atoms with Crippen molar-refractivity contribution in [2.75, 3.05) is 4.90 Å². The molecule has 1 atom stereocenters. The van der Waals surface area contributed by atoms with Crippen molar-refractivity contribution in [1.82, 2.24) is 5.32 Å². The van der Waals surface area contributed by atoms with Gasteiger partial charge in [-0.15, -0.1) is 0 Å². The Labute approximate surface area is 119 Å². The lowest BCUT2D eigenvalue weighted by Gasteiger charge is -2.33. The number of urea groups is 1. The highest BCUT2D eigenvalue weighted by atomic mass is 19.4. The second-order valence-electron chi connectivity index (χ2n) is 5.28. The molecule has 114 valence electrons. The molecular formula is C14H15F3N2O2. The molecule has 1 aromatic carbocycles. The fourth-order valence-corrected chi connectivity index (χ4v) is 2.13. The number of hydrogen-bond acceptors (Lipinski definition) is 2. The molecule has 0 saturated carbocycles. The standard InChI is InChI=1S/C14H15F3N2O2/c1-8(2)11-7-12(20)19(13(21)18-11)10-5-3-9(4-6-10)14(15,16)17/h3-6,8,11H,7H2,1-2H3,(H,18,21). The van der Waals surface area contributed by atoms with Gasteiger partial charge in [0.2, 0.25) is 5.91 Å². The summed E-state index contributed by atoms with van der Waals surface area (Å²) in [5.74, 6) is -0.315. The van der Waals surface area contributed by atoms with Gasteiger partial charge in [-0.2, -0.15) is 13.2 Å². The van der Waals surface area contributed by atoms with E-state index in [-0.39, 0.29) is 24.1 Å². The highest BCUT2D eigenvalue weighted by Crippen LogP contribution is 2.31. The SMILES string of the molecule is CC(C)C1CC(=O)N(c2ccc(C(F)(F)F)cc2)C(=O)N1. The van der Waals surface area contributed by atoms with Crippen LogP contribution in [0.5, 0.6) is 0 Å². The second-order valence-corrected chi connectivity index (χ2v) is 5.28. The minimum Gasteiger partial charge on any atom is -0.334 e. The summed E-state index contributed by atoms with van der Waals surface area (Å²) in [7, 11) is 0. The topological polar surface area (TPSA) is 49.4 Å². The molecule has 1 unspecified atom stereocenters. The molecular weight excluding hydrogens is 285 g/mol. The number of nitrogens with one attached hydrogen (secondary N) is 1. The zero-order valence-corrected chi connectivity index (χ0v) is 11.6. The Bertz CT molecular complexity index is 534. The largest absolute Gasteiger partial charge is 0.416 e. The number of alkyl halides is 3. The number of rotatable bonds is 2. The van der Waals surface area contributed by atoms with Gasteiger partial charge in [-0.3, -0.25) is 4.79 Å². The van der Waals surface area contributed by atoms with E-state index < -0.39 is 23.7 Å². The van der Waals surface area contributed by atoms with Gasteiger partial charge in [-0.05, 0) is 30.2 Å². The summed E-state index contributed by atoms with van der Waals surface area (Å²) in [5, 5.41) is 2.68. The third-order valence-corrected chi connectivity index (χ3v) is 3.41. The van der Waals surface area contributed by atoms with Crippen molar-refractivity contribution in [2.45, 2.75) is 32.5 Å². The average molecular weight is 300 g/mol. The van der Waals surface area contributed by atoms with Gasteiger partial charge in [0, 0.05) is 12.5 Å². The number of carbonyl (C=O) groups is 2. The van der Waals surface area contributed by atoms with Gasteiger partial charge < -0.3 is 5.32 Å². The zero-order valence-electron chi connectivity index (χ0n) is 11.6.